The lowest BCUT2D eigenvalue weighted by atomic mass is 10.3. The van der Waals surface area contributed by atoms with E-state index in [-0.39, 0.29) is 5.91 Å². The molecule has 2 aliphatic rings. The molecule has 2 aliphatic heterocycles. The molecule has 2 heterocycles. The molecular weight excluding hydrogens is 118 g/mol. The van der Waals surface area contributed by atoms with Crippen LogP contribution in [0.3, 0.4) is 0 Å². The first-order valence-electron chi connectivity index (χ1n) is 3.44. The van der Waals surface area contributed by atoms with Crippen molar-refractivity contribution >= 4 is 0 Å². The Morgan fingerprint density at radius 2 is 2.11 bits per heavy atom. The molecule has 0 aromatic rings. The maximum atomic E-state index is 5.37. The zero-order valence-electron chi connectivity index (χ0n) is 5.35. The molecule has 2 rings (SSSR count). The molecule has 3 nitrogen and oxygen atoms in total. The fourth-order valence-corrected chi connectivity index (χ4v) is 1.38. The Morgan fingerprint density at radius 1 is 1.22 bits per heavy atom. The van der Waals surface area contributed by atoms with Crippen molar-refractivity contribution in [3.63, 3.8) is 0 Å². The molecule has 0 radical (unpaired) electrons. The van der Waals surface area contributed by atoms with Crippen LogP contribution in [0, 0.1) is 0 Å². The Hall–Kier alpha value is -0.120. The topological polar surface area (TPSA) is 30.5 Å². The fraction of sp³-hybridized carbons (Fsp3) is 1.00. The summed E-state index contributed by atoms with van der Waals surface area (Å²) in [6.45, 7) is 2.56. The maximum absolute atomic E-state index is 5.37. The predicted molar refractivity (Wildman–Crippen MR) is 31.9 cm³/mol. The summed E-state index contributed by atoms with van der Waals surface area (Å²) in [5.74, 6) is -0.361. The van der Waals surface area contributed by atoms with Gasteiger partial charge < -0.3 is 9.47 Å². The van der Waals surface area contributed by atoms with E-state index in [1.54, 1.807) is 0 Å². The molecule has 3 heteroatoms. The van der Waals surface area contributed by atoms with E-state index >= 15 is 0 Å². The van der Waals surface area contributed by atoms with Gasteiger partial charge in [0.2, 0.25) is 5.91 Å². The Kier molecular flexibility index (Phi) is 1.22. The van der Waals surface area contributed by atoms with E-state index in [4.69, 9.17) is 9.47 Å². The number of rotatable bonds is 0. The Morgan fingerprint density at radius 3 is 2.67 bits per heavy atom. The summed E-state index contributed by atoms with van der Waals surface area (Å²) in [4.78, 5) is 0. The lowest BCUT2D eigenvalue weighted by Gasteiger charge is -2.20. The minimum Gasteiger partial charge on any atom is -0.337 e. The van der Waals surface area contributed by atoms with E-state index in [9.17, 15) is 0 Å². The Bertz CT molecular complexity index is 86.1. The van der Waals surface area contributed by atoms with Gasteiger partial charge in [-0.2, -0.15) is 0 Å². The molecule has 9 heavy (non-hydrogen) atoms. The number of hydrogen-bond acceptors (Lipinski definition) is 3. The second-order valence-electron chi connectivity index (χ2n) is 2.48. The molecule has 1 atom stereocenters. The van der Waals surface area contributed by atoms with E-state index in [0.29, 0.717) is 0 Å². The van der Waals surface area contributed by atoms with Gasteiger partial charge in [-0.05, 0) is 6.42 Å². The molecule has 0 aliphatic carbocycles. The van der Waals surface area contributed by atoms with Gasteiger partial charge in [0.05, 0.1) is 13.2 Å². The quantitative estimate of drug-likeness (QED) is 0.502. The second-order valence-corrected chi connectivity index (χ2v) is 2.48. The van der Waals surface area contributed by atoms with Crippen molar-refractivity contribution in [2.24, 2.45) is 0 Å². The molecule has 2 saturated heterocycles. The summed E-state index contributed by atoms with van der Waals surface area (Å²) < 4.78 is 10.7. The van der Waals surface area contributed by atoms with Gasteiger partial charge in [0.1, 0.15) is 0 Å². The molecule has 0 saturated carbocycles. The molecule has 1 unspecified atom stereocenters. The van der Waals surface area contributed by atoms with Crippen LogP contribution in [0.25, 0.3) is 0 Å². The summed E-state index contributed by atoms with van der Waals surface area (Å²) in [5.41, 5.74) is 0. The van der Waals surface area contributed by atoms with E-state index in [0.717, 1.165) is 32.6 Å². The van der Waals surface area contributed by atoms with Crippen LogP contribution in [0.1, 0.15) is 12.8 Å². The first kappa shape index (κ1) is 5.65. The minimum atomic E-state index is -0.361. The molecule has 0 aromatic carbocycles. The molecule has 1 spiro atoms. The van der Waals surface area contributed by atoms with Crippen molar-refractivity contribution < 1.29 is 9.47 Å². The molecule has 0 amide bonds. The highest BCUT2D eigenvalue weighted by atomic mass is 16.7. The van der Waals surface area contributed by atoms with Crippen molar-refractivity contribution in [3.05, 3.63) is 0 Å². The number of ether oxygens (including phenoxy) is 2. The zero-order valence-corrected chi connectivity index (χ0v) is 5.35. The van der Waals surface area contributed by atoms with Gasteiger partial charge in [0, 0.05) is 13.0 Å². The van der Waals surface area contributed by atoms with Crippen molar-refractivity contribution in [1.82, 2.24) is 5.32 Å². The van der Waals surface area contributed by atoms with Crippen LogP contribution in [-0.2, 0) is 9.47 Å². The highest BCUT2D eigenvalue weighted by Gasteiger charge is 2.38. The summed E-state index contributed by atoms with van der Waals surface area (Å²) in [5, 5.41) is 3.19. The largest absolute Gasteiger partial charge is 0.337 e. The van der Waals surface area contributed by atoms with Crippen LogP contribution in [-0.4, -0.2) is 25.7 Å². The standard InChI is InChI=1S/C6H11NO2/c1-2-6(8-4-1)7-3-5-9-6/h7H,1-5H2. The highest BCUT2D eigenvalue weighted by molar-refractivity contribution is 4.77. The minimum absolute atomic E-state index is 0.361. The normalized spacial score (nSPS) is 42.7. The van der Waals surface area contributed by atoms with Crippen molar-refractivity contribution in [2.75, 3.05) is 19.8 Å². The third-order valence-corrected chi connectivity index (χ3v) is 1.82. The van der Waals surface area contributed by atoms with E-state index < -0.39 is 0 Å². The average molecular weight is 129 g/mol. The summed E-state index contributed by atoms with van der Waals surface area (Å²) >= 11 is 0. The van der Waals surface area contributed by atoms with Crippen LogP contribution < -0.4 is 5.32 Å². The number of hydrogen-bond donors (Lipinski definition) is 1. The lowest BCUT2D eigenvalue weighted by molar-refractivity contribution is -0.192. The van der Waals surface area contributed by atoms with Crippen LogP contribution in [0.5, 0.6) is 0 Å². The average Bonchev–Trinajstić information content (AvgIpc) is 2.45. The Labute approximate surface area is 54.3 Å². The summed E-state index contributed by atoms with van der Waals surface area (Å²) in [6.07, 6.45) is 2.12. The SMILES string of the molecule is C1COC2(C1)NCCO2. The van der Waals surface area contributed by atoms with E-state index in [1.165, 1.54) is 0 Å². The third kappa shape index (κ3) is 0.852. The Balaban J connectivity index is 2.04. The molecular formula is C6H11NO2. The molecule has 0 bridgehead atoms. The predicted octanol–water partition coefficient (Wildman–Crippen LogP) is 0.0704. The summed E-state index contributed by atoms with van der Waals surface area (Å²) in [7, 11) is 0. The number of nitrogens with one attached hydrogen (secondary N) is 1. The monoisotopic (exact) mass is 129 g/mol. The van der Waals surface area contributed by atoms with Crippen molar-refractivity contribution in [2.45, 2.75) is 18.8 Å². The molecule has 1 N–H and O–H groups in total. The fourth-order valence-electron chi connectivity index (χ4n) is 1.38. The molecule has 2 fully saturated rings. The second kappa shape index (κ2) is 1.94. The van der Waals surface area contributed by atoms with Gasteiger partial charge in [-0.3, -0.25) is 5.32 Å². The first-order valence-corrected chi connectivity index (χ1v) is 3.44. The highest BCUT2D eigenvalue weighted by Crippen LogP contribution is 2.26. The summed E-state index contributed by atoms with van der Waals surface area (Å²) in [6, 6.07) is 0. The lowest BCUT2D eigenvalue weighted by Crippen LogP contribution is -2.39. The van der Waals surface area contributed by atoms with Gasteiger partial charge in [-0.15, -0.1) is 0 Å². The molecule has 52 valence electrons. The van der Waals surface area contributed by atoms with Gasteiger partial charge in [0.25, 0.3) is 0 Å². The van der Waals surface area contributed by atoms with Crippen molar-refractivity contribution in [1.29, 1.82) is 0 Å². The van der Waals surface area contributed by atoms with Crippen LogP contribution in [0.2, 0.25) is 0 Å². The smallest absolute Gasteiger partial charge is 0.227 e. The van der Waals surface area contributed by atoms with Gasteiger partial charge in [0.15, 0.2) is 0 Å². The first-order chi connectivity index (χ1) is 4.41. The van der Waals surface area contributed by atoms with Gasteiger partial charge >= 0.3 is 0 Å². The zero-order chi connectivity index (χ0) is 6.16. The van der Waals surface area contributed by atoms with Crippen LogP contribution >= 0.6 is 0 Å². The van der Waals surface area contributed by atoms with Gasteiger partial charge in [-0.1, -0.05) is 0 Å². The van der Waals surface area contributed by atoms with Crippen LogP contribution in [0.4, 0.5) is 0 Å². The van der Waals surface area contributed by atoms with E-state index in [1.807, 2.05) is 0 Å². The van der Waals surface area contributed by atoms with Crippen LogP contribution in [0.15, 0.2) is 0 Å². The van der Waals surface area contributed by atoms with Crippen molar-refractivity contribution in [3.8, 4) is 0 Å². The third-order valence-electron chi connectivity index (χ3n) is 1.82. The molecule has 0 aromatic heterocycles. The maximum Gasteiger partial charge on any atom is 0.227 e. The van der Waals surface area contributed by atoms with Gasteiger partial charge in [-0.25, -0.2) is 0 Å². The van der Waals surface area contributed by atoms with E-state index in [2.05, 4.69) is 5.32 Å².